The predicted molar refractivity (Wildman–Crippen MR) is 89.8 cm³/mol. The number of hydrogen-bond acceptors (Lipinski definition) is 4. The monoisotopic (exact) mass is 336 g/mol. The van der Waals surface area contributed by atoms with Gasteiger partial charge in [-0.2, -0.15) is 0 Å². The lowest BCUT2D eigenvalue weighted by atomic mass is 10.1. The summed E-state index contributed by atoms with van der Waals surface area (Å²) < 4.78 is 10.9. The molecule has 0 heterocycles. The van der Waals surface area contributed by atoms with E-state index in [1.807, 2.05) is 0 Å². The van der Waals surface area contributed by atoms with Gasteiger partial charge in [-0.3, -0.25) is 9.59 Å². The number of carbonyl (C=O) groups is 2. The lowest BCUT2D eigenvalue weighted by molar-refractivity contribution is -0.126. The molecule has 0 bridgehead atoms. The second-order valence-electron chi connectivity index (χ2n) is 6.47. The van der Waals surface area contributed by atoms with Crippen LogP contribution in [-0.2, 0) is 19.1 Å². The van der Waals surface area contributed by atoms with Gasteiger partial charge in [0.2, 0.25) is 11.8 Å². The molecule has 0 spiro atoms. The van der Waals surface area contributed by atoms with Gasteiger partial charge in [0.1, 0.15) is 6.61 Å². The van der Waals surface area contributed by atoms with Crippen molar-refractivity contribution in [3.63, 3.8) is 0 Å². The van der Waals surface area contributed by atoms with Crippen LogP contribution >= 0.6 is 0 Å². The normalized spacial score (nSPS) is 24.8. The van der Waals surface area contributed by atoms with Gasteiger partial charge in [0.05, 0.1) is 13.2 Å². The molecule has 0 aromatic heterocycles. The third-order valence-corrected chi connectivity index (χ3v) is 4.66. The molecule has 0 saturated heterocycles. The summed E-state index contributed by atoms with van der Waals surface area (Å²) >= 11 is 0. The Hall–Kier alpha value is -1.58. The first kappa shape index (κ1) is 18.8. The first-order chi connectivity index (χ1) is 11.7. The first-order valence-corrected chi connectivity index (χ1v) is 8.84. The van der Waals surface area contributed by atoms with E-state index in [0.29, 0.717) is 45.1 Å². The van der Waals surface area contributed by atoms with Gasteiger partial charge in [-0.15, -0.1) is 11.8 Å². The molecule has 2 amide bonds. The Bertz CT molecular complexity index is 465. The molecule has 1 saturated carbocycles. The van der Waals surface area contributed by atoms with Crippen LogP contribution in [0.3, 0.4) is 0 Å². The number of primary amides is 1. The van der Waals surface area contributed by atoms with E-state index in [4.69, 9.17) is 15.2 Å². The van der Waals surface area contributed by atoms with Crippen molar-refractivity contribution in [2.45, 2.75) is 38.5 Å². The van der Waals surface area contributed by atoms with Crippen molar-refractivity contribution in [2.75, 3.05) is 33.0 Å². The number of fused-ring (bicyclic) bond motifs is 1. The fourth-order valence-corrected chi connectivity index (χ4v) is 3.33. The van der Waals surface area contributed by atoms with E-state index in [1.165, 1.54) is 12.8 Å². The second kappa shape index (κ2) is 10.3. The minimum absolute atomic E-state index is 0.105. The SMILES string of the molecule is NC(=O)CCCOCCNC(=O)COCC1C2CCC#CCCC21. The highest BCUT2D eigenvalue weighted by Crippen LogP contribution is 2.52. The third-order valence-electron chi connectivity index (χ3n) is 4.66. The molecule has 0 aromatic carbocycles. The Morgan fingerprint density at radius 2 is 1.79 bits per heavy atom. The van der Waals surface area contributed by atoms with Crippen molar-refractivity contribution >= 4 is 11.8 Å². The van der Waals surface area contributed by atoms with Crippen molar-refractivity contribution in [3.8, 4) is 11.8 Å². The Morgan fingerprint density at radius 3 is 2.46 bits per heavy atom. The Morgan fingerprint density at radius 1 is 1.08 bits per heavy atom. The molecular weight excluding hydrogens is 308 g/mol. The Balaban J connectivity index is 1.43. The molecule has 134 valence electrons. The third kappa shape index (κ3) is 6.90. The van der Waals surface area contributed by atoms with E-state index in [-0.39, 0.29) is 18.4 Å². The van der Waals surface area contributed by atoms with Gasteiger partial charge in [-0.1, -0.05) is 0 Å². The van der Waals surface area contributed by atoms with Crippen molar-refractivity contribution in [1.82, 2.24) is 5.32 Å². The first-order valence-electron chi connectivity index (χ1n) is 8.84. The van der Waals surface area contributed by atoms with E-state index in [2.05, 4.69) is 17.2 Å². The molecule has 2 unspecified atom stereocenters. The molecule has 6 heteroatoms. The van der Waals surface area contributed by atoms with Crippen LogP contribution in [0.25, 0.3) is 0 Å². The molecule has 2 aliphatic carbocycles. The van der Waals surface area contributed by atoms with Gasteiger partial charge in [0.25, 0.3) is 0 Å². The van der Waals surface area contributed by atoms with Crippen molar-refractivity contribution in [1.29, 1.82) is 0 Å². The summed E-state index contributed by atoms with van der Waals surface area (Å²) in [6.07, 6.45) is 5.28. The van der Waals surface area contributed by atoms with Gasteiger partial charge < -0.3 is 20.5 Å². The van der Waals surface area contributed by atoms with Crippen LogP contribution in [0.5, 0.6) is 0 Å². The number of amides is 2. The number of rotatable bonds is 11. The largest absolute Gasteiger partial charge is 0.380 e. The maximum atomic E-state index is 11.7. The average Bonchev–Trinajstić information content (AvgIpc) is 3.15. The molecule has 1 fully saturated rings. The highest BCUT2D eigenvalue weighted by molar-refractivity contribution is 5.77. The minimum atomic E-state index is -0.321. The molecule has 24 heavy (non-hydrogen) atoms. The maximum absolute atomic E-state index is 11.7. The van der Waals surface area contributed by atoms with Gasteiger partial charge in [-0.25, -0.2) is 0 Å². The average molecular weight is 336 g/mol. The van der Waals surface area contributed by atoms with Crippen LogP contribution in [0.4, 0.5) is 0 Å². The van der Waals surface area contributed by atoms with Crippen LogP contribution in [0.15, 0.2) is 0 Å². The number of hydrogen-bond donors (Lipinski definition) is 2. The summed E-state index contributed by atoms with van der Waals surface area (Å²) in [5, 5.41) is 2.76. The zero-order valence-electron chi connectivity index (χ0n) is 14.2. The fraction of sp³-hybridized carbons (Fsp3) is 0.778. The molecular formula is C18H28N2O4. The Kier molecular flexibility index (Phi) is 8.06. The molecule has 3 N–H and O–H groups in total. The van der Waals surface area contributed by atoms with E-state index < -0.39 is 0 Å². The topological polar surface area (TPSA) is 90.7 Å². The van der Waals surface area contributed by atoms with Crippen LogP contribution in [-0.4, -0.2) is 44.8 Å². The number of nitrogens with one attached hydrogen (secondary N) is 1. The van der Waals surface area contributed by atoms with Crippen LogP contribution in [0.2, 0.25) is 0 Å². The standard InChI is InChI=1S/C18H28N2O4/c19-17(21)8-5-10-23-11-9-20-18(22)13-24-12-16-14-6-3-1-2-4-7-15(14)16/h14-16H,3-13H2,(H2,19,21)(H,20,22). The van der Waals surface area contributed by atoms with Crippen molar-refractivity contribution < 1.29 is 19.1 Å². The van der Waals surface area contributed by atoms with E-state index in [0.717, 1.165) is 24.7 Å². The van der Waals surface area contributed by atoms with E-state index >= 15 is 0 Å². The van der Waals surface area contributed by atoms with Crippen LogP contribution in [0.1, 0.15) is 38.5 Å². The van der Waals surface area contributed by atoms with E-state index in [1.54, 1.807) is 0 Å². The molecule has 2 aliphatic rings. The highest BCUT2D eigenvalue weighted by Gasteiger charge is 2.48. The van der Waals surface area contributed by atoms with E-state index in [9.17, 15) is 9.59 Å². The minimum Gasteiger partial charge on any atom is -0.380 e. The highest BCUT2D eigenvalue weighted by atomic mass is 16.5. The summed E-state index contributed by atoms with van der Waals surface area (Å²) in [5.74, 6) is 8.06. The van der Waals surface area contributed by atoms with Crippen molar-refractivity contribution in [3.05, 3.63) is 0 Å². The number of ether oxygens (including phenoxy) is 2. The Labute approximate surface area is 143 Å². The van der Waals surface area contributed by atoms with Gasteiger partial charge in [-0.05, 0) is 37.0 Å². The predicted octanol–water partition coefficient (Wildman–Crippen LogP) is 0.841. The second-order valence-corrected chi connectivity index (χ2v) is 6.47. The zero-order valence-corrected chi connectivity index (χ0v) is 14.2. The molecule has 0 aliphatic heterocycles. The quantitative estimate of drug-likeness (QED) is 0.432. The molecule has 2 atom stereocenters. The lowest BCUT2D eigenvalue weighted by Gasteiger charge is -2.07. The summed E-state index contributed by atoms with van der Waals surface area (Å²) in [4.78, 5) is 22.2. The van der Waals surface area contributed by atoms with Crippen LogP contribution < -0.4 is 11.1 Å². The van der Waals surface area contributed by atoms with Gasteiger partial charge >= 0.3 is 0 Å². The summed E-state index contributed by atoms with van der Waals surface area (Å²) in [6.45, 7) is 2.13. The summed E-state index contributed by atoms with van der Waals surface area (Å²) in [5.41, 5.74) is 5.03. The van der Waals surface area contributed by atoms with Crippen LogP contribution in [0, 0.1) is 29.6 Å². The summed E-state index contributed by atoms with van der Waals surface area (Å²) in [7, 11) is 0. The van der Waals surface area contributed by atoms with Crippen molar-refractivity contribution in [2.24, 2.45) is 23.5 Å². The van der Waals surface area contributed by atoms with Gasteiger partial charge in [0.15, 0.2) is 0 Å². The molecule has 2 rings (SSSR count). The molecule has 0 aromatic rings. The fourth-order valence-electron chi connectivity index (χ4n) is 3.33. The number of nitrogens with two attached hydrogens (primary N) is 1. The maximum Gasteiger partial charge on any atom is 0.246 e. The number of carbonyl (C=O) groups excluding carboxylic acids is 2. The summed E-state index contributed by atoms with van der Waals surface area (Å²) in [6, 6.07) is 0. The zero-order chi connectivity index (χ0) is 17.2. The van der Waals surface area contributed by atoms with Gasteiger partial charge in [0, 0.05) is 32.4 Å². The lowest BCUT2D eigenvalue weighted by Crippen LogP contribution is -2.31. The smallest absolute Gasteiger partial charge is 0.246 e. The molecule has 0 radical (unpaired) electrons. The molecule has 6 nitrogen and oxygen atoms in total.